The lowest BCUT2D eigenvalue weighted by Gasteiger charge is -2.13. The highest BCUT2D eigenvalue weighted by atomic mass is 32.2. The van der Waals surface area contributed by atoms with Crippen LogP contribution in [0.5, 0.6) is 5.88 Å². The van der Waals surface area contributed by atoms with Gasteiger partial charge in [0.25, 0.3) is 5.56 Å². The Bertz CT molecular complexity index is 1320. The van der Waals surface area contributed by atoms with Crippen molar-refractivity contribution in [1.82, 2.24) is 9.13 Å². The van der Waals surface area contributed by atoms with Crippen LogP contribution in [0.2, 0.25) is 0 Å². The highest BCUT2D eigenvalue weighted by Crippen LogP contribution is 2.24. The molecule has 3 aromatic rings. The Hall–Kier alpha value is -3.59. The summed E-state index contributed by atoms with van der Waals surface area (Å²) in [4.78, 5) is 42.1. The van der Waals surface area contributed by atoms with E-state index in [1.807, 2.05) is 44.2 Å². The molecule has 172 valence electrons. The number of benzene rings is 2. The van der Waals surface area contributed by atoms with Gasteiger partial charge in [0.1, 0.15) is 10.6 Å². The number of hydrogen-bond acceptors (Lipinski definition) is 6. The number of aryl methyl sites for hydroxylation is 2. The van der Waals surface area contributed by atoms with Crippen LogP contribution < -0.4 is 16.6 Å². The smallest absolute Gasteiger partial charge is 0.333 e. The van der Waals surface area contributed by atoms with Crippen molar-refractivity contribution in [3.63, 3.8) is 0 Å². The Kier molecular flexibility index (Phi) is 7.55. The van der Waals surface area contributed by atoms with Crippen LogP contribution in [0.1, 0.15) is 23.6 Å². The number of carbonyl (C=O) groups excluding carboxylic acids is 1. The molecule has 2 aromatic carbocycles. The fourth-order valence-corrected chi connectivity index (χ4v) is 3.99. The second-order valence-corrected chi connectivity index (χ2v) is 8.51. The van der Waals surface area contributed by atoms with E-state index in [9.17, 15) is 19.5 Å². The van der Waals surface area contributed by atoms with Crippen molar-refractivity contribution < 1.29 is 9.90 Å². The van der Waals surface area contributed by atoms with Gasteiger partial charge >= 0.3 is 5.69 Å². The van der Waals surface area contributed by atoms with Gasteiger partial charge < -0.3 is 10.4 Å². The molecule has 0 atom stereocenters. The van der Waals surface area contributed by atoms with Gasteiger partial charge in [0.2, 0.25) is 11.8 Å². The number of thioether (sulfide) groups is 1. The number of aromatic nitrogens is 2. The van der Waals surface area contributed by atoms with Crippen LogP contribution in [-0.2, 0) is 25.3 Å². The molecule has 0 saturated heterocycles. The van der Waals surface area contributed by atoms with Gasteiger partial charge in [-0.05, 0) is 48.7 Å². The molecule has 1 heterocycles. The predicted molar refractivity (Wildman–Crippen MR) is 133 cm³/mol. The van der Waals surface area contributed by atoms with E-state index in [0.717, 1.165) is 38.4 Å². The lowest BCUT2D eigenvalue weighted by atomic mass is 10.1. The monoisotopic (exact) mass is 466 g/mol. The molecule has 3 rings (SSSR count). The second kappa shape index (κ2) is 10.4. The average Bonchev–Trinajstić information content (AvgIpc) is 2.80. The average molecular weight is 467 g/mol. The Morgan fingerprint density at radius 3 is 2.42 bits per heavy atom. The van der Waals surface area contributed by atoms with Gasteiger partial charge in [0, 0.05) is 19.8 Å². The van der Waals surface area contributed by atoms with Crippen LogP contribution in [0, 0.1) is 6.92 Å². The zero-order valence-corrected chi connectivity index (χ0v) is 19.8. The lowest BCUT2D eigenvalue weighted by Crippen LogP contribution is -2.39. The molecule has 0 unspecified atom stereocenters. The molecular weight excluding hydrogens is 440 g/mol. The summed E-state index contributed by atoms with van der Waals surface area (Å²) in [5.74, 6) is -0.843. The van der Waals surface area contributed by atoms with Crippen molar-refractivity contribution >= 4 is 34.1 Å². The zero-order valence-electron chi connectivity index (χ0n) is 19.0. The van der Waals surface area contributed by atoms with Crippen LogP contribution in [0.15, 0.2) is 63.1 Å². The van der Waals surface area contributed by atoms with Crippen LogP contribution in [0.25, 0.3) is 0 Å². The summed E-state index contributed by atoms with van der Waals surface area (Å²) in [5.41, 5.74) is 1.88. The number of hydrogen-bond donors (Lipinski definition) is 2. The Balaban J connectivity index is 1.98. The number of rotatable bonds is 6. The van der Waals surface area contributed by atoms with Crippen LogP contribution in [-0.4, -0.2) is 30.9 Å². The summed E-state index contributed by atoms with van der Waals surface area (Å²) in [6.07, 6.45) is 0.868. The van der Waals surface area contributed by atoms with E-state index in [-0.39, 0.29) is 22.3 Å². The first kappa shape index (κ1) is 24.1. The van der Waals surface area contributed by atoms with Crippen LogP contribution >= 0.6 is 11.8 Å². The van der Waals surface area contributed by atoms with Crippen molar-refractivity contribution in [2.45, 2.75) is 20.3 Å². The molecule has 0 radical (unpaired) electrons. The van der Waals surface area contributed by atoms with Gasteiger partial charge in [-0.2, -0.15) is 0 Å². The minimum atomic E-state index is -0.689. The van der Waals surface area contributed by atoms with Crippen molar-refractivity contribution in [2.24, 2.45) is 19.1 Å². The number of nitrogens with zero attached hydrogens (tertiary/aromatic N) is 3. The highest BCUT2D eigenvalue weighted by Gasteiger charge is 2.22. The Morgan fingerprint density at radius 2 is 1.79 bits per heavy atom. The molecule has 0 aliphatic rings. The minimum absolute atomic E-state index is 0.0503. The highest BCUT2D eigenvalue weighted by molar-refractivity contribution is 8.15. The van der Waals surface area contributed by atoms with E-state index in [1.165, 1.54) is 14.1 Å². The summed E-state index contributed by atoms with van der Waals surface area (Å²) < 4.78 is 1.87. The van der Waals surface area contributed by atoms with Gasteiger partial charge in [-0.1, -0.05) is 43.0 Å². The SMILES string of the molecule is CCc1ccc(N=C(SCC(=O)Nc2cccc(C)c2)c2c(O)n(C)c(=O)n(C)c2=O)cc1. The van der Waals surface area contributed by atoms with Crippen molar-refractivity contribution in [3.05, 3.63) is 86.1 Å². The van der Waals surface area contributed by atoms with E-state index in [2.05, 4.69) is 10.3 Å². The molecule has 33 heavy (non-hydrogen) atoms. The third-order valence-electron chi connectivity index (χ3n) is 5.06. The standard InChI is InChI=1S/C24H26N4O4S/c1-5-16-9-11-17(12-10-16)26-21(20-22(30)27(3)24(32)28(4)23(20)31)33-14-19(29)25-18-8-6-7-15(2)13-18/h6-13,30H,5,14H2,1-4H3,(H,25,29). The topological polar surface area (TPSA) is 106 Å². The first-order chi connectivity index (χ1) is 15.7. The van der Waals surface area contributed by atoms with E-state index in [1.54, 1.807) is 18.2 Å². The molecule has 0 aliphatic heterocycles. The number of amides is 1. The van der Waals surface area contributed by atoms with E-state index >= 15 is 0 Å². The molecule has 0 spiro atoms. The number of aromatic hydroxyl groups is 1. The van der Waals surface area contributed by atoms with Crippen molar-refractivity contribution in [3.8, 4) is 5.88 Å². The number of nitrogens with one attached hydrogen (secondary N) is 1. The van der Waals surface area contributed by atoms with Gasteiger partial charge in [-0.3, -0.25) is 18.7 Å². The van der Waals surface area contributed by atoms with E-state index in [4.69, 9.17) is 0 Å². The number of aliphatic imine (C=N–C) groups is 1. The molecule has 0 fully saturated rings. The van der Waals surface area contributed by atoms with E-state index in [0.29, 0.717) is 11.4 Å². The first-order valence-electron chi connectivity index (χ1n) is 10.4. The van der Waals surface area contributed by atoms with Crippen LogP contribution in [0.3, 0.4) is 0 Å². The van der Waals surface area contributed by atoms with Crippen LogP contribution in [0.4, 0.5) is 11.4 Å². The molecule has 1 aromatic heterocycles. The van der Waals surface area contributed by atoms with Crippen molar-refractivity contribution in [1.29, 1.82) is 0 Å². The molecular formula is C24H26N4O4S. The fourth-order valence-electron chi connectivity index (χ4n) is 3.16. The van der Waals surface area contributed by atoms with Gasteiger partial charge in [-0.25, -0.2) is 9.79 Å². The predicted octanol–water partition coefficient (Wildman–Crippen LogP) is 3.11. The number of anilines is 1. The van der Waals surface area contributed by atoms with Crippen molar-refractivity contribution in [2.75, 3.05) is 11.1 Å². The Morgan fingerprint density at radius 1 is 1.09 bits per heavy atom. The van der Waals surface area contributed by atoms with Gasteiger partial charge in [0.15, 0.2) is 0 Å². The third kappa shape index (κ3) is 5.61. The first-order valence-corrected chi connectivity index (χ1v) is 11.4. The maximum absolute atomic E-state index is 12.9. The molecule has 8 nitrogen and oxygen atoms in total. The summed E-state index contributed by atoms with van der Waals surface area (Å²) in [6.45, 7) is 3.97. The maximum Gasteiger partial charge on any atom is 0.333 e. The molecule has 0 saturated carbocycles. The molecule has 0 bridgehead atoms. The summed E-state index contributed by atoms with van der Waals surface area (Å²) in [6, 6.07) is 14.9. The van der Waals surface area contributed by atoms with E-state index < -0.39 is 17.1 Å². The molecule has 1 amide bonds. The molecule has 2 N–H and O–H groups in total. The molecule has 9 heteroatoms. The second-order valence-electron chi connectivity index (χ2n) is 7.55. The van der Waals surface area contributed by atoms with Gasteiger partial charge in [0.05, 0.1) is 11.4 Å². The molecule has 0 aliphatic carbocycles. The largest absolute Gasteiger partial charge is 0.494 e. The lowest BCUT2D eigenvalue weighted by molar-refractivity contribution is -0.113. The third-order valence-corrected chi connectivity index (χ3v) is 6.04. The van der Waals surface area contributed by atoms with Gasteiger partial charge in [-0.15, -0.1) is 0 Å². The fraction of sp³-hybridized carbons (Fsp3) is 0.250. The summed E-state index contributed by atoms with van der Waals surface area (Å²) in [7, 11) is 2.69. The Labute approximate surface area is 195 Å². The minimum Gasteiger partial charge on any atom is -0.494 e. The zero-order chi connectivity index (χ0) is 24.1. The maximum atomic E-state index is 12.9. The summed E-state index contributed by atoms with van der Waals surface area (Å²) in [5, 5.41) is 13.6. The number of carbonyl (C=O) groups is 1. The summed E-state index contributed by atoms with van der Waals surface area (Å²) >= 11 is 1.01. The normalized spacial score (nSPS) is 11.5. The quantitative estimate of drug-likeness (QED) is 0.429.